The molecule has 13 heteroatoms. The summed E-state index contributed by atoms with van der Waals surface area (Å²) in [7, 11) is 1.55. The first-order valence-corrected chi connectivity index (χ1v) is 18.8. The Labute approximate surface area is 299 Å². The molecule has 0 radical (unpaired) electrons. The predicted octanol–water partition coefficient (Wildman–Crippen LogP) is 5.23. The molecule has 1 aromatic heterocycles. The van der Waals surface area contributed by atoms with Crippen molar-refractivity contribution in [2.75, 3.05) is 39.9 Å². The smallest absolute Gasteiger partial charge is 0.407 e. The van der Waals surface area contributed by atoms with Gasteiger partial charge in [0.15, 0.2) is 0 Å². The lowest BCUT2D eigenvalue weighted by molar-refractivity contribution is -0.144. The van der Waals surface area contributed by atoms with Gasteiger partial charge in [-0.25, -0.2) is 9.78 Å². The first-order chi connectivity index (χ1) is 23.8. The molecule has 3 fully saturated rings. The fourth-order valence-electron chi connectivity index (χ4n) is 7.62. The highest BCUT2D eigenvalue weighted by Gasteiger charge is 2.46. The molecule has 1 aliphatic carbocycles. The van der Waals surface area contributed by atoms with E-state index in [0.29, 0.717) is 41.7 Å². The molecule has 50 heavy (non-hydrogen) atoms. The van der Waals surface area contributed by atoms with Gasteiger partial charge < -0.3 is 24.8 Å². The number of fused-ring (bicyclic) bond motifs is 1. The monoisotopic (exact) mass is 711 g/mol. The first kappa shape index (κ1) is 37.7. The number of hydrogen-bond acceptors (Lipinski definition) is 9. The average Bonchev–Trinajstić information content (AvgIpc) is 3.75. The third-order valence-corrected chi connectivity index (χ3v) is 11.1. The Balaban J connectivity index is 1.45. The van der Waals surface area contributed by atoms with Crippen molar-refractivity contribution >= 4 is 35.0 Å². The number of nitrogens with zero attached hydrogens (tertiary/aromatic N) is 4. The molecular formula is C37H53N5O7S. The molecule has 12 nitrogen and oxygen atoms in total. The van der Waals surface area contributed by atoms with E-state index in [1.54, 1.807) is 43.7 Å². The maximum absolute atomic E-state index is 14.9. The number of thiazole rings is 1. The molecule has 0 bridgehead atoms. The molecular weight excluding hydrogens is 659 g/mol. The third-order valence-electron chi connectivity index (χ3n) is 10.2. The largest absolute Gasteiger partial charge is 0.497 e. The molecule has 2 aliphatic heterocycles. The molecule has 2 saturated heterocycles. The van der Waals surface area contributed by atoms with Crippen LogP contribution >= 0.6 is 11.3 Å². The minimum Gasteiger partial charge on any atom is -0.497 e. The van der Waals surface area contributed by atoms with Gasteiger partial charge in [0, 0.05) is 49.8 Å². The van der Waals surface area contributed by atoms with Crippen LogP contribution in [0.2, 0.25) is 0 Å². The van der Waals surface area contributed by atoms with E-state index in [0.717, 1.165) is 50.0 Å². The van der Waals surface area contributed by atoms with E-state index in [2.05, 4.69) is 10.2 Å². The molecule has 274 valence electrons. The fourth-order valence-corrected chi connectivity index (χ4v) is 8.52. The lowest BCUT2D eigenvalue weighted by Crippen LogP contribution is -2.61. The van der Waals surface area contributed by atoms with Crippen LogP contribution in [0.15, 0.2) is 29.6 Å². The van der Waals surface area contributed by atoms with Crippen molar-refractivity contribution in [3.05, 3.63) is 45.9 Å². The topological polar surface area (TPSA) is 142 Å². The number of carbonyl (C=O) groups excluding carboxylic acids is 3. The Hall–Kier alpha value is -3.55. The average molecular weight is 712 g/mol. The van der Waals surface area contributed by atoms with Crippen LogP contribution in [0.5, 0.6) is 5.75 Å². The van der Waals surface area contributed by atoms with Crippen LogP contribution in [0.1, 0.15) is 100 Å². The molecule has 0 unspecified atom stereocenters. The SMILES string of the molecule is CCO[C@@H]1C[C@@H]2CN(C(=O)[C@@H](NC(=O)[C@H](C)N(CC(C)(C)C)C(=O)O)C3CCCCC3)[C@H](c3nc(C(=O)c4cccc(OC)c4)cs3)CN2C1. The summed E-state index contributed by atoms with van der Waals surface area (Å²) in [6, 6.07) is 4.81. The molecule has 3 aliphatic rings. The van der Waals surface area contributed by atoms with Crippen LogP contribution in [-0.2, 0) is 14.3 Å². The van der Waals surface area contributed by atoms with Gasteiger partial charge in [0.25, 0.3) is 0 Å². The minimum atomic E-state index is -1.17. The number of ketones is 1. The van der Waals surface area contributed by atoms with Crippen LogP contribution in [0.25, 0.3) is 0 Å². The number of hydrogen-bond donors (Lipinski definition) is 2. The van der Waals surface area contributed by atoms with E-state index in [4.69, 9.17) is 14.5 Å². The van der Waals surface area contributed by atoms with Crippen LogP contribution in [0.3, 0.4) is 0 Å². The van der Waals surface area contributed by atoms with Crippen LogP contribution in [-0.4, -0.2) is 113 Å². The zero-order valence-electron chi connectivity index (χ0n) is 30.2. The van der Waals surface area contributed by atoms with E-state index in [-0.39, 0.29) is 41.7 Å². The van der Waals surface area contributed by atoms with Crippen molar-refractivity contribution in [3.8, 4) is 5.75 Å². The maximum Gasteiger partial charge on any atom is 0.407 e. The predicted molar refractivity (Wildman–Crippen MR) is 191 cm³/mol. The molecule has 5 atom stereocenters. The number of piperazine rings is 1. The fraction of sp³-hybridized carbons (Fsp3) is 0.649. The molecule has 1 aromatic carbocycles. The number of nitrogens with one attached hydrogen (secondary N) is 1. The van der Waals surface area contributed by atoms with E-state index in [1.807, 2.05) is 32.6 Å². The Bertz CT molecular complexity index is 1520. The van der Waals surface area contributed by atoms with E-state index < -0.39 is 30.1 Å². The standard InChI is InChI=1S/C37H53N5O7S/c1-7-49-28-17-26-18-41(30(20-40(26)19-28)34-38-29(21-50-34)32(43)25-14-11-15-27(16-25)48-6)35(45)31(24-12-9-8-10-13-24)39-33(44)23(2)42(36(46)47)22-37(3,4)5/h11,14-16,21,23-24,26,28,30-31H,7-10,12-13,17-20,22H2,1-6H3,(H,39,44)(H,46,47)/t23-,26+,28+,30-,31-/m0/s1. The van der Waals surface area contributed by atoms with Gasteiger partial charge in [-0.3, -0.25) is 24.2 Å². The number of aromatic nitrogens is 1. The Kier molecular flexibility index (Phi) is 12.2. The second-order valence-corrected chi connectivity index (χ2v) is 16.0. The molecule has 5 rings (SSSR count). The summed E-state index contributed by atoms with van der Waals surface area (Å²) in [6.07, 6.45) is 4.27. The number of methoxy groups -OCH3 is 1. The Morgan fingerprint density at radius 2 is 1.86 bits per heavy atom. The van der Waals surface area contributed by atoms with Gasteiger partial charge in [-0.05, 0) is 56.6 Å². The highest BCUT2D eigenvalue weighted by Crippen LogP contribution is 2.37. The van der Waals surface area contributed by atoms with Crippen molar-refractivity contribution in [2.45, 2.75) is 103 Å². The van der Waals surface area contributed by atoms with Gasteiger partial charge in [-0.2, -0.15) is 0 Å². The number of ether oxygens (including phenoxy) is 2. The molecule has 3 amide bonds. The van der Waals surface area contributed by atoms with Gasteiger partial charge in [-0.1, -0.05) is 52.2 Å². The molecule has 2 N–H and O–H groups in total. The summed E-state index contributed by atoms with van der Waals surface area (Å²) in [5.74, 6) is -0.387. The minimum absolute atomic E-state index is 0.0571. The molecule has 0 spiro atoms. The number of benzene rings is 1. The van der Waals surface area contributed by atoms with Gasteiger partial charge in [0.1, 0.15) is 28.5 Å². The van der Waals surface area contributed by atoms with Crippen molar-refractivity contribution in [2.24, 2.45) is 11.3 Å². The zero-order chi connectivity index (χ0) is 36.2. The van der Waals surface area contributed by atoms with E-state index in [9.17, 15) is 24.3 Å². The number of carbonyl (C=O) groups is 4. The first-order valence-electron chi connectivity index (χ1n) is 17.9. The number of rotatable bonds is 12. The maximum atomic E-state index is 14.9. The molecule has 2 aromatic rings. The summed E-state index contributed by atoms with van der Waals surface area (Å²) < 4.78 is 11.3. The van der Waals surface area contributed by atoms with Crippen LogP contribution in [0.4, 0.5) is 4.79 Å². The highest BCUT2D eigenvalue weighted by molar-refractivity contribution is 7.10. The van der Waals surface area contributed by atoms with Crippen molar-refractivity contribution in [1.29, 1.82) is 0 Å². The van der Waals surface area contributed by atoms with Gasteiger partial charge >= 0.3 is 6.09 Å². The van der Waals surface area contributed by atoms with Gasteiger partial charge in [-0.15, -0.1) is 11.3 Å². The molecule has 3 heterocycles. The van der Waals surface area contributed by atoms with Crippen molar-refractivity contribution < 1.29 is 33.8 Å². The zero-order valence-corrected chi connectivity index (χ0v) is 31.0. The van der Waals surface area contributed by atoms with E-state index in [1.165, 1.54) is 11.3 Å². The summed E-state index contributed by atoms with van der Waals surface area (Å²) in [5, 5.41) is 15.5. The molecule has 1 saturated carbocycles. The van der Waals surface area contributed by atoms with Crippen molar-refractivity contribution in [1.82, 2.24) is 25.0 Å². The Morgan fingerprint density at radius 3 is 2.52 bits per heavy atom. The van der Waals surface area contributed by atoms with Crippen LogP contribution in [0, 0.1) is 11.3 Å². The van der Waals surface area contributed by atoms with Gasteiger partial charge in [0.2, 0.25) is 17.6 Å². The van der Waals surface area contributed by atoms with E-state index >= 15 is 0 Å². The quantitative estimate of drug-likeness (QED) is 0.284. The Morgan fingerprint density at radius 1 is 1.12 bits per heavy atom. The summed E-state index contributed by atoms with van der Waals surface area (Å²) in [5.41, 5.74) is 0.410. The lowest BCUT2D eigenvalue weighted by atomic mass is 9.82. The summed E-state index contributed by atoms with van der Waals surface area (Å²) in [4.78, 5) is 64.7. The van der Waals surface area contributed by atoms with Gasteiger partial charge in [0.05, 0.1) is 19.3 Å². The third kappa shape index (κ3) is 8.84. The lowest BCUT2D eigenvalue weighted by Gasteiger charge is -2.45. The van der Waals surface area contributed by atoms with Crippen LogP contribution < -0.4 is 10.1 Å². The number of amides is 3. The normalized spacial score (nSPS) is 22.8. The number of carboxylic acid groups (broad SMARTS) is 1. The summed E-state index contributed by atoms with van der Waals surface area (Å²) >= 11 is 1.36. The highest BCUT2D eigenvalue weighted by atomic mass is 32.1. The second-order valence-electron chi connectivity index (χ2n) is 15.1. The summed E-state index contributed by atoms with van der Waals surface area (Å²) in [6.45, 7) is 11.8. The van der Waals surface area contributed by atoms with Crippen molar-refractivity contribution in [3.63, 3.8) is 0 Å². The second kappa shape index (κ2) is 16.2.